The molecule has 0 spiro atoms. The average Bonchev–Trinajstić information content (AvgIpc) is 3.27. The van der Waals surface area contributed by atoms with Crippen LogP contribution in [0.4, 0.5) is 10.5 Å². The van der Waals surface area contributed by atoms with Gasteiger partial charge in [-0.2, -0.15) is 10.2 Å². The molecule has 0 fully saturated rings. The summed E-state index contributed by atoms with van der Waals surface area (Å²) in [5, 5.41) is 19.7. The fourth-order valence-electron chi connectivity index (χ4n) is 4.23. The highest BCUT2D eigenvalue weighted by Crippen LogP contribution is 2.48. The van der Waals surface area contributed by atoms with Crippen LogP contribution in [0.1, 0.15) is 44.4 Å². The predicted octanol–water partition coefficient (Wildman–Crippen LogP) is 4.51. The van der Waals surface area contributed by atoms with E-state index in [-0.39, 0.29) is 24.1 Å². The first-order valence-corrected chi connectivity index (χ1v) is 11.6. The fourth-order valence-corrected chi connectivity index (χ4v) is 4.23. The van der Waals surface area contributed by atoms with Crippen LogP contribution in [0, 0.1) is 10.1 Å². The Labute approximate surface area is 219 Å². The molecule has 12 nitrogen and oxygen atoms in total. The average molecular weight is 528 g/mol. The molecule has 202 valence electrons. The summed E-state index contributed by atoms with van der Waals surface area (Å²) >= 11 is 0. The number of carbonyl (C=O) groups excluding carboxylic acids is 3. The molecular weight excluding hydrogens is 498 g/mol. The molecule has 0 unspecified atom stereocenters. The van der Waals surface area contributed by atoms with Gasteiger partial charge in [-0.05, 0) is 44.0 Å². The highest BCUT2D eigenvalue weighted by atomic mass is 16.7. The second-order valence-corrected chi connectivity index (χ2v) is 9.79. The first-order valence-electron chi connectivity index (χ1n) is 11.6. The lowest BCUT2D eigenvalue weighted by molar-refractivity contribution is -0.384. The number of hydrogen-bond acceptors (Lipinski definition) is 11. The number of nitro benzene ring substituents is 1. The van der Waals surface area contributed by atoms with Crippen LogP contribution in [0.25, 0.3) is 0 Å². The SMILES string of the molecule is COC(=O)[C@@]1(Cc2ccccc2)C[C@](C(=O)OC)([C@@H](OC(=O)OC(C)(C)C)c2ccc([N+](=O)[O-])cc2)N=N1. The topological polar surface area (TPSA) is 156 Å². The summed E-state index contributed by atoms with van der Waals surface area (Å²) in [6, 6.07) is 14.0. The largest absolute Gasteiger partial charge is 0.509 e. The number of non-ortho nitro benzene ring substituents is 1. The van der Waals surface area contributed by atoms with Crippen LogP contribution < -0.4 is 0 Å². The number of nitro groups is 1. The number of esters is 2. The van der Waals surface area contributed by atoms with Gasteiger partial charge >= 0.3 is 18.1 Å². The van der Waals surface area contributed by atoms with Crippen molar-refractivity contribution >= 4 is 23.8 Å². The molecule has 0 saturated heterocycles. The van der Waals surface area contributed by atoms with Crippen molar-refractivity contribution in [2.45, 2.75) is 56.4 Å². The van der Waals surface area contributed by atoms with Gasteiger partial charge in [0.05, 0.1) is 19.1 Å². The Hall–Kier alpha value is -4.35. The zero-order chi connectivity index (χ0) is 28.1. The Morgan fingerprint density at radius 1 is 0.974 bits per heavy atom. The Bertz CT molecular complexity index is 1220. The van der Waals surface area contributed by atoms with Crippen molar-refractivity contribution in [3.63, 3.8) is 0 Å². The minimum absolute atomic E-state index is 0.0299. The molecule has 0 aromatic heterocycles. The summed E-state index contributed by atoms with van der Waals surface area (Å²) in [4.78, 5) is 49.9. The molecule has 0 radical (unpaired) electrons. The number of hydrogen-bond donors (Lipinski definition) is 0. The number of benzene rings is 2. The summed E-state index contributed by atoms with van der Waals surface area (Å²) in [6.45, 7) is 4.88. The molecule has 0 bridgehead atoms. The molecule has 3 rings (SSSR count). The van der Waals surface area contributed by atoms with E-state index in [0.717, 1.165) is 12.7 Å². The minimum atomic E-state index is -2.04. The van der Waals surface area contributed by atoms with Crippen LogP contribution in [0.15, 0.2) is 64.8 Å². The molecule has 0 N–H and O–H groups in total. The molecule has 38 heavy (non-hydrogen) atoms. The number of rotatable bonds is 8. The first-order chi connectivity index (χ1) is 17.9. The van der Waals surface area contributed by atoms with E-state index in [1.54, 1.807) is 45.0 Å². The minimum Gasteiger partial charge on any atom is -0.467 e. The monoisotopic (exact) mass is 527 g/mol. The number of ether oxygens (including phenoxy) is 4. The van der Waals surface area contributed by atoms with Gasteiger partial charge in [0.15, 0.2) is 11.6 Å². The van der Waals surface area contributed by atoms with Crippen molar-refractivity contribution in [2.75, 3.05) is 14.2 Å². The van der Waals surface area contributed by atoms with Crippen molar-refractivity contribution in [3.05, 3.63) is 75.8 Å². The van der Waals surface area contributed by atoms with E-state index in [1.165, 1.54) is 31.4 Å². The lowest BCUT2D eigenvalue weighted by Crippen LogP contribution is -2.50. The third-order valence-corrected chi connectivity index (χ3v) is 5.87. The number of methoxy groups -OCH3 is 2. The van der Waals surface area contributed by atoms with Crippen LogP contribution in [0.5, 0.6) is 0 Å². The van der Waals surface area contributed by atoms with Gasteiger partial charge in [0, 0.05) is 25.0 Å². The predicted molar refractivity (Wildman–Crippen MR) is 132 cm³/mol. The van der Waals surface area contributed by atoms with E-state index in [1.807, 2.05) is 6.07 Å². The molecular formula is C26H29N3O9. The highest BCUT2D eigenvalue weighted by molar-refractivity contribution is 5.88. The van der Waals surface area contributed by atoms with Gasteiger partial charge in [0.1, 0.15) is 5.60 Å². The fraction of sp³-hybridized carbons (Fsp3) is 0.423. The maximum atomic E-state index is 13.4. The molecule has 3 atom stereocenters. The van der Waals surface area contributed by atoms with Crippen molar-refractivity contribution < 1.29 is 38.3 Å². The number of carbonyl (C=O) groups is 3. The highest BCUT2D eigenvalue weighted by Gasteiger charge is 2.63. The van der Waals surface area contributed by atoms with Gasteiger partial charge in [0.2, 0.25) is 5.54 Å². The van der Waals surface area contributed by atoms with Crippen LogP contribution in [-0.4, -0.2) is 53.9 Å². The molecule has 2 aromatic rings. The second kappa shape index (κ2) is 11.0. The van der Waals surface area contributed by atoms with Crippen molar-refractivity contribution in [3.8, 4) is 0 Å². The maximum Gasteiger partial charge on any atom is 0.509 e. The maximum absolute atomic E-state index is 13.4. The van der Waals surface area contributed by atoms with E-state index in [4.69, 9.17) is 18.9 Å². The summed E-state index contributed by atoms with van der Waals surface area (Å²) in [5.74, 6) is -1.69. The first kappa shape index (κ1) is 28.2. The summed E-state index contributed by atoms with van der Waals surface area (Å²) in [5.41, 5.74) is -3.96. The molecule has 2 aromatic carbocycles. The molecule has 0 amide bonds. The van der Waals surface area contributed by atoms with E-state index in [2.05, 4.69) is 10.2 Å². The van der Waals surface area contributed by atoms with Crippen molar-refractivity contribution in [1.82, 2.24) is 0 Å². The summed E-state index contributed by atoms with van der Waals surface area (Å²) < 4.78 is 21.0. The van der Waals surface area contributed by atoms with Crippen LogP contribution >= 0.6 is 0 Å². The van der Waals surface area contributed by atoms with Crippen LogP contribution in [0.3, 0.4) is 0 Å². The van der Waals surface area contributed by atoms with Gasteiger partial charge in [-0.15, -0.1) is 0 Å². The normalized spacial score (nSPS) is 21.3. The van der Waals surface area contributed by atoms with Crippen LogP contribution in [-0.2, 0) is 35.0 Å². The Morgan fingerprint density at radius 2 is 1.58 bits per heavy atom. The quantitative estimate of drug-likeness (QED) is 0.208. The van der Waals surface area contributed by atoms with Crippen molar-refractivity contribution in [2.24, 2.45) is 10.2 Å². The smallest absolute Gasteiger partial charge is 0.467 e. The lowest BCUT2D eigenvalue weighted by atomic mass is 9.76. The Morgan fingerprint density at radius 3 is 2.11 bits per heavy atom. The molecule has 12 heteroatoms. The number of nitrogens with zero attached hydrogens (tertiary/aromatic N) is 3. The molecule has 1 aliphatic heterocycles. The van der Waals surface area contributed by atoms with Gasteiger partial charge < -0.3 is 18.9 Å². The van der Waals surface area contributed by atoms with E-state index in [0.29, 0.717) is 0 Å². The molecule has 1 heterocycles. The Kier molecular flexibility index (Phi) is 8.13. The third kappa shape index (κ3) is 5.96. The van der Waals surface area contributed by atoms with Gasteiger partial charge in [-0.25, -0.2) is 14.4 Å². The van der Waals surface area contributed by atoms with Gasteiger partial charge in [0.25, 0.3) is 5.69 Å². The molecule has 1 aliphatic rings. The van der Waals surface area contributed by atoms with E-state index in [9.17, 15) is 24.5 Å². The zero-order valence-corrected chi connectivity index (χ0v) is 21.7. The zero-order valence-electron chi connectivity index (χ0n) is 21.7. The standard InChI is InChI=1S/C26H29N3O9/c1-24(2,3)38-23(32)37-20(18-11-13-19(14-12-18)29(33)34)26(22(31)36-5)16-25(27-28-26,21(30)35-4)15-17-9-7-6-8-10-17/h6-14,20H,15-16H2,1-5H3/t20-,25+,26+/m0/s1. The van der Waals surface area contributed by atoms with E-state index < -0.39 is 45.8 Å². The van der Waals surface area contributed by atoms with Gasteiger partial charge in [-0.3, -0.25) is 10.1 Å². The van der Waals surface area contributed by atoms with Crippen molar-refractivity contribution in [1.29, 1.82) is 0 Å². The van der Waals surface area contributed by atoms with Gasteiger partial charge in [-0.1, -0.05) is 30.3 Å². The van der Waals surface area contributed by atoms with E-state index >= 15 is 0 Å². The Balaban J connectivity index is 2.14. The summed E-state index contributed by atoms with van der Waals surface area (Å²) in [6.07, 6.45) is -2.99. The van der Waals surface area contributed by atoms with Crippen LogP contribution in [0.2, 0.25) is 0 Å². The molecule has 0 saturated carbocycles. The third-order valence-electron chi connectivity index (χ3n) is 5.87. The number of azo groups is 1. The summed E-state index contributed by atoms with van der Waals surface area (Å²) in [7, 11) is 2.31. The lowest BCUT2D eigenvalue weighted by Gasteiger charge is -2.33. The second-order valence-electron chi connectivity index (χ2n) is 9.79. The molecule has 0 aliphatic carbocycles.